The highest BCUT2D eigenvalue weighted by molar-refractivity contribution is 7.10. The van der Waals surface area contributed by atoms with Gasteiger partial charge in [0, 0.05) is 28.6 Å². The minimum Gasteiger partial charge on any atom is -0.330 e. The Morgan fingerprint density at radius 3 is 2.47 bits per heavy atom. The molecule has 0 radical (unpaired) electrons. The van der Waals surface area contributed by atoms with Crippen molar-refractivity contribution in [1.29, 1.82) is 0 Å². The van der Waals surface area contributed by atoms with Gasteiger partial charge in [0.15, 0.2) is 0 Å². The van der Waals surface area contributed by atoms with E-state index in [9.17, 15) is 9.59 Å². The van der Waals surface area contributed by atoms with Crippen molar-refractivity contribution in [3.63, 3.8) is 0 Å². The first-order valence-corrected chi connectivity index (χ1v) is 13.3. The molecule has 2 heterocycles. The van der Waals surface area contributed by atoms with E-state index in [1.807, 2.05) is 53.4 Å². The van der Waals surface area contributed by atoms with Gasteiger partial charge in [-0.2, -0.15) is 0 Å². The first-order chi connectivity index (χ1) is 16.5. The summed E-state index contributed by atoms with van der Waals surface area (Å²) in [5, 5.41) is 2.77. The Hall–Kier alpha value is -2.63. The van der Waals surface area contributed by atoms with E-state index in [0.29, 0.717) is 23.7 Å². The van der Waals surface area contributed by atoms with Gasteiger partial charge in [-0.3, -0.25) is 9.59 Å². The molecule has 1 unspecified atom stereocenters. The number of thiophene rings is 1. The van der Waals surface area contributed by atoms with Crippen LogP contribution in [0.15, 0.2) is 60.0 Å². The van der Waals surface area contributed by atoms with Crippen LogP contribution in [0.4, 0.5) is 0 Å². The van der Waals surface area contributed by atoms with Crippen LogP contribution in [0.2, 0.25) is 5.02 Å². The topological polar surface area (TPSA) is 40.6 Å². The molecule has 0 fully saturated rings. The van der Waals surface area contributed by atoms with Crippen molar-refractivity contribution in [3.8, 4) is 0 Å². The summed E-state index contributed by atoms with van der Waals surface area (Å²) in [5.41, 5.74) is 4.04. The fourth-order valence-electron chi connectivity index (χ4n) is 4.51. The van der Waals surface area contributed by atoms with Crippen molar-refractivity contribution in [1.82, 2.24) is 9.80 Å². The van der Waals surface area contributed by atoms with Gasteiger partial charge in [0.25, 0.3) is 5.91 Å². The molecule has 178 valence electrons. The van der Waals surface area contributed by atoms with Crippen LogP contribution < -0.4 is 0 Å². The summed E-state index contributed by atoms with van der Waals surface area (Å²) in [7, 11) is 0. The molecule has 1 atom stereocenters. The SMILES string of the molecule is CCCCN(CC(=O)N1CCc2sccc2C1c1ccc(Cl)cc1)C(=O)c1ccc(CC)cc1. The van der Waals surface area contributed by atoms with E-state index in [1.165, 1.54) is 16.0 Å². The number of hydrogen-bond donors (Lipinski definition) is 0. The van der Waals surface area contributed by atoms with Crippen LogP contribution in [0, 0.1) is 0 Å². The molecule has 0 spiro atoms. The van der Waals surface area contributed by atoms with E-state index in [2.05, 4.69) is 25.3 Å². The highest BCUT2D eigenvalue weighted by Gasteiger charge is 2.34. The summed E-state index contributed by atoms with van der Waals surface area (Å²) in [6.45, 7) is 5.48. The van der Waals surface area contributed by atoms with Crippen LogP contribution in [-0.2, 0) is 17.6 Å². The van der Waals surface area contributed by atoms with Gasteiger partial charge >= 0.3 is 0 Å². The predicted molar refractivity (Wildman–Crippen MR) is 140 cm³/mol. The third-order valence-electron chi connectivity index (χ3n) is 6.48. The molecule has 34 heavy (non-hydrogen) atoms. The molecule has 2 aromatic carbocycles. The van der Waals surface area contributed by atoms with Crippen molar-refractivity contribution < 1.29 is 9.59 Å². The molecule has 3 aromatic rings. The number of fused-ring (bicyclic) bond motifs is 1. The Kier molecular flexibility index (Phi) is 8.07. The molecule has 4 nitrogen and oxygen atoms in total. The van der Waals surface area contributed by atoms with Crippen LogP contribution in [0.3, 0.4) is 0 Å². The zero-order valence-corrected chi connectivity index (χ0v) is 21.4. The summed E-state index contributed by atoms with van der Waals surface area (Å²) in [5.74, 6) is -0.104. The Morgan fingerprint density at radius 2 is 1.79 bits per heavy atom. The largest absolute Gasteiger partial charge is 0.330 e. The van der Waals surface area contributed by atoms with E-state index in [4.69, 9.17) is 11.6 Å². The van der Waals surface area contributed by atoms with Crippen LogP contribution in [0.5, 0.6) is 0 Å². The summed E-state index contributed by atoms with van der Waals surface area (Å²) >= 11 is 7.88. The number of unbranched alkanes of at least 4 members (excludes halogenated alkanes) is 1. The van der Waals surface area contributed by atoms with Crippen LogP contribution in [0.1, 0.15) is 64.7 Å². The van der Waals surface area contributed by atoms with E-state index >= 15 is 0 Å². The Bertz CT molecular complexity index is 1120. The number of carbonyl (C=O) groups is 2. The lowest BCUT2D eigenvalue weighted by Crippen LogP contribution is -2.47. The molecular weight excluding hydrogens is 464 g/mol. The van der Waals surface area contributed by atoms with Crippen LogP contribution in [0.25, 0.3) is 0 Å². The smallest absolute Gasteiger partial charge is 0.254 e. The number of benzene rings is 2. The van der Waals surface area contributed by atoms with Crippen molar-refractivity contribution in [2.24, 2.45) is 0 Å². The first kappa shape index (κ1) is 24.5. The summed E-state index contributed by atoms with van der Waals surface area (Å²) in [6.07, 6.45) is 3.59. The van der Waals surface area contributed by atoms with E-state index in [0.717, 1.165) is 31.2 Å². The quantitative estimate of drug-likeness (QED) is 0.364. The Balaban J connectivity index is 1.59. The maximum atomic E-state index is 13.7. The molecule has 6 heteroatoms. The van der Waals surface area contributed by atoms with Crippen molar-refractivity contribution in [2.75, 3.05) is 19.6 Å². The van der Waals surface area contributed by atoms with Crippen molar-refractivity contribution >= 4 is 34.8 Å². The zero-order valence-electron chi connectivity index (χ0n) is 19.8. The van der Waals surface area contributed by atoms with E-state index < -0.39 is 0 Å². The lowest BCUT2D eigenvalue weighted by Gasteiger charge is -2.37. The molecule has 4 rings (SSSR count). The molecule has 0 aliphatic carbocycles. The number of nitrogens with zero attached hydrogens (tertiary/aromatic N) is 2. The molecular formula is C28H31ClN2O2S. The van der Waals surface area contributed by atoms with Gasteiger partial charge in [-0.05, 0) is 71.7 Å². The summed E-state index contributed by atoms with van der Waals surface area (Å²) in [4.78, 5) is 32.0. The second-order valence-electron chi connectivity index (χ2n) is 8.72. The van der Waals surface area contributed by atoms with Crippen LogP contribution in [-0.4, -0.2) is 41.2 Å². The van der Waals surface area contributed by atoms with E-state index in [-0.39, 0.29) is 24.4 Å². The van der Waals surface area contributed by atoms with Gasteiger partial charge in [0.2, 0.25) is 5.91 Å². The second-order valence-corrected chi connectivity index (χ2v) is 10.2. The van der Waals surface area contributed by atoms with Crippen LogP contribution >= 0.6 is 22.9 Å². The first-order valence-electron chi connectivity index (χ1n) is 12.0. The fraction of sp³-hybridized carbons (Fsp3) is 0.357. The standard InChI is InChI=1S/C28H31ClN2O2S/c1-3-5-16-30(28(33)22-8-6-20(4-2)7-9-22)19-26(32)31-17-14-25-24(15-18-34-25)27(31)21-10-12-23(29)13-11-21/h6-13,15,18,27H,3-5,14,16-17,19H2,1-2H3. The zero-order chi connectivity index (χ0) is 24.1. The van der Waals surface area contributed by atoms with E-state index in [1.54, 1.807) is 16.2 Å². The third kappa shape index (κ3) is 5.37. The average molecular weight is 495 g/mol. The Morgan fingerprint density at radius 1 is 1.06 bits per heavy atom. The maximum absolute atomic E-state index is 13.7. The van der Waals surface area contributed by atoms with Gasteiger partial charge in [-0.1, -0.05) is 56.1 Å². The predicted octanol–water partition coefficient (Wildman–Crippen LogP) is 6.38. The monoisotopic (exact) mass is 494 g/mol. The molecule has 2 amide bonds. The molecule has 0 saturated carbocycles. The van der Waals surface area contributed by atoms with Gasteiger partial charge in [-0.15, -0.1) is 11.3 Å². The molecule has 0 saturated heterocycles. The number of aryl methyl sites for hydroxylation is 1. The molecule has 0 bridgehead atoms. The van der Waals surface area contributed by atoms with Crippen molar-refractivity contribution in [2.45, 2.75) is 45.6 Å². The third-order valence-corrected chi connectivity index (χ3v) is 7.72. The number of amides is 2. The summed E-state index contributed by atoms with van der Waals surface area (Å²) < 4.78 is 0. The van der Waals surface area contributed by atoms with Gasteiger partial charge in [-0.25, -0.2) is 0 Å². The van der Waals surface area contributed by atoms with Gasteiger partial charge < -0.3 is 9.80 Å². The van der Waals surface area contributed by atoms with Crippen molar-refractivity contribution in [3.05, 3.63) is 92.1 Å². The Labute approximate surface area is 211 Å². The number of carbonyl (C=O) groups excluding carboxylic acids is 2. The normalized spacial score (nSPS) is 15.1. The van der Waals surface area contributed by atoms with Gasteiger partial charge in [0.1, 0.15) is 6.54 Å². The number of halogens is 1. The van der Waals surface area contributed by atoms with Gasteiger partial charge in [0.05, 0.1) is 6.04 Å². The number of rotatable bonds is 8. The molecule has 1 aliphatic heterocycles. The fourth-order valence-corrected chi connectivity index (χ4v) is 5.54. The average Bonchev–Trinajstić information content (AvgIpc) is 3.35. The highest BCUT2D eigenvalue weighted by atomic mass is 35.5. The lowest BCUT2D eigenvalue weighted by atomic mass is 9.93. The lowest BCUT2D eigenvalue weighted by molar-refractivity contribution is -0.134. The molecule has 1 aliphatic rings. The minimum absolute atomic E-state index is 0.0218. The summed E-state index contributed by atoms with van der Waals surface area (Å²) in [6, 6.07) is 17.4. The molecule has 1 aromatic heterocycles. The maximum Gasteiger partial charge on any atom is 0.254 e. The number of hydrogen-bond acceptors (Lipinski definition) is 3. The second kappa shape index (κ2) is 11.2. The molecule has 0 N–H and O–H groups in total. The highest BCUT2D eigenvalue weighted by Crippen LogP contribution is 2.38. The minimum atomic E-state index is -0.160.